The summed E-state index contributed by atoms with van der Waals surface area (Å²) < 4.78 is 5.33. The summed E-state index contributed by atoms with van der Waals surface area (Å²) in [6, 6.07) is 8.28. The molecule has 1 saturated carbocycles. The number of carbonyl (C=O) groups excluding carboxylic acids is 3. The number of aromatic amines is 1. The molecule has 0 bridgehead atoms. The van der Waals surface area contributed by atoms with Gasteiger partial charge in [0.15, 0.2) is 0 Å². The summed E-state index contributed by atoms with van der Waals surface area (Å²) in [5.41, 5.74) is 0.797. The van der Waals surface area contributed by atoms with Crippen LogP contribution in [0.25, 0.3) is 22.0 Å². The van der Waals surface area contributed by atoms with Crippen molar-refractivity contribution >= 4 is 35.0 Å². The van der Waals surface area contributed by atoms with Crippen LogP contribution in [-0.4, -0.2) is 89.9 Å². The molecule has 260 valence electrons. The fourth-order valence-electron chi connectivity index (χ4n) is 6.87. The number of thiazole rings is 1. The van der Waals surface area contributed by atoms with E-state index in [2.05, 4.69) is 20.6 Å². The molecule has 3 aliphatic rings. The lowest BCUT2D eigenvalue weighted by Gasteiger charge is -2.29. The molecule has 4 N–H and O–H groups in total. The van der Waals surface area contributed by atoms with E-state index >= 15 is 0 Å². The lowest BCUT2D eigenvalue weighted by Crippen LogP contribution is -2.56. The Kier molecular flexibility index (Phi) is 9.23. The lowest BCUT2D eigenvalue weighted by atomic mass is 10.0. The minimum absolute atomic E-state index is 0.0727. The van der Waals surface area contributed by atoms with Gasteiger partial charge in [-0.2, -0.15) is 9.90 Å². The van der Waals surface area contributed by atoms with E-state index in [1.165, 1.54) is 21.0 Å². The van der Waals surface area contributed by atoms with Crippen molar-refractivity contribution in [3.05, 3.63) is 72.0 Å². The molecule has 0 spiro atoms. The Hall–Kier alpha value is -5.31. The van der Waals surface area contributed by atoms with Gasteiger partial charge >= 0.3 is 5.97 Å². The Morgan fingerprint density at radius 1 is 1.10 bits per heavy atom. The van der Waals surface area contributed by atoms with Crippen molar-refractivity contribution in [2.24, 2.45) is 5.92 Å². The third-order valence-corrected chi connectivity index (χ3v) is 10.5. The van der Waals surface area contributed by atoms with Gasteiger partial charge in [0.25, 0.3) is 5.91 Å². The molecule has 2 aliphatic heterocycles. The Balaban J connectivity index is 1.24. The number of rotatable bonds is 7. The molecule has 3 amide bonds. The molecular formula is C35H38N8O6S. The molecule has 5 heterocycles. The van der Waals surface area contributed by atoms with Crippen molar-refractivity contribution in [3.8, 4) is 27.7 Å². The number of nitrogens with zero attached hydrogens (tertiary/aromatic N) is 5. The molecule has 5 atom stereocenters. The second-order valence-corrected chi connectivity index (χ2v) is 13.8. The zero-order chi connectivity index (χ0) is 34.8. The van der Waals surface area contributed by atoms with E-state index in [9.17, 15) is 24.3 Å². The van der Waals surface area contributed by atoms with Gasteiger partial charge in [-0.1, -0.05) is 25.0 Å². The van der Waals surface area contributed by atoms with E-state index in [0.717, 1.165) is 24.8 Å². The summed E-state index contributed by atoms with van der Waals surface area (Å²) in [4.78, 5) is 64.6. The van der Waals surface area contributed by atoms with Gasteiger partial charge in [0.1, 0.15) is 45.5 Å². The Labute approximate surface area is 291 Å². The smallest absolute Gasteiger partial charge is 0.330 e. The number of hydrogen-bond acceptors (Lipinski definition) is 9. The second kappa shape index (κ2) is 13.9. The van der Waals surface area contributed by atoms with Crippen molar-refractivity contribution in [2.45, 2.75) is 68.6 Å². The van der Waals surface area contributed by atoms with Crippen LogP contribution in [0.15, 0.2) is 66.3 Å². The minimum Gasteiger partial charge on any atom is -0.497 e. The van der Waals surface area contributed by atoms with Gasteiger partial charge in [-0.25, -0.2) is 9.78 Å². The molecule has 4 aromatic rings. The number of carboxylic acid groups (broad SMARTS) is 1. The highest BCUT2D eigenvalue weighted by Gasteiger charge is 2.61. The quantitative estimate of drug-likeness (QED) is 0.208. The summed E-state index contributed by atoms with van der Waals surface area (Å²) in [6.45, 7) is 0.0727. The molecule has 0 unspecified atom stereocenters. The van der Waals surface area contributed by atoms with E-state index < -0.39 is 47.4 Å². The molecule has 0 radical (unpaired) electrons. The van der Waals surface area contributed by atoms with E-state index in [1.807, 2.05) is 41.8 Å². The number of allylic oxidation sites excluding steroid dienone is 1. The van der Waals surface area contributed by atoms with Crippen LogP contribution in [0.2, 0.25) is 0 Å². The maximum atomic E-state index is 14.5. The highest BCUT2D eigenvalue weighted by atomic mass is 32.1. The van der Waals surface area contributed by atoms with Crippen molar-refractivity contribution in [3.63, 3.8) is 0 Å². The Morgan fingerprint density at radius 3 is 2.64 bits per heavy atom. The average Bonchev–Trinajstić information content (AvgIpc) is 3.77. The Bertz CT molecular complexity index is 1890. The molecule has 2 fully saturated rings. The SMILES string of the molecule is COc1ccc(-c2nn([C@@H]3C[C@H]4C(=O)N[C@]5(C(=O)O)C[C@H]5C=CCCCCC[C@H](NC(=O)c5ccc[nH]5)C(=O)N4C3)nc2-c2nccs2)cc1. The number of fused-ring (bicyclic) bond motifs is 2. The molecule has 1 aromatic carbocycles. The number of methoxy groups -OCH3 is 1. The maximum Gasteiger partial charge on any atom is 0.330 e. The van der Waals surface area contributed by atoms with Crippen molar-refractivity contribution in [1.82, 2.24) is 40.5 Å². The zero-order valence-electron chi connectivity index (χ0n) is 27.4. The fraction of sp³-hybridized carbons (Fsp3) is 0.400. The summed E-state index contributed by atoms with van der Waals surface area (Å²) in [5.74, 6) is -2.18. The summed E-state index contributed by atoms with van der Waals surface area (Å²) >= 11 is 1.42. The predicted molar refractivity (Wildman–Crippen MR) is 183 cm³/mol. The Morgan fingerprint density at radius 2 is 1.92 bits per heavy atom. The summed E-state index contributed by atoms with van der Waals surface area (Å²) in [6.07, 6.45) is 11.0. The first-order chi connectivity index (χ1) is 24.3. The zero-order valence-corrected chi connectivity index (χ0v) is 28.3. The first-order valence-electron chi connectivity index (χ1n) is 16.8. The number of nitrogens with one attached hydrogen (secondary N) is 3. The van der Waals surface area contributed by atoms with Gasteiger partial charge in [-0.15, -0.1) is 16.4 Å². The standard InChI is InChI=1S/C35H38N8O6S/c1-49-24-13-11-21(12-14-24)28-29(32-37-16-17-50-32)41-43(40-28)23-18-27-31(45)39-35(34(47)48)19-22(35)8-5-3-2-4-6-9-26(33(46)42(27)20-23)38-30(44)25-10-7-15-36-25/h5,7-8,10-17,22-23,26-27,36H,2-4,6,9,18-20H2,1H3,(H,38,44)(H,39,45)(H,47,48)/t22-,23-,26+,27+,35-/m1/s1. The molecule has 14 nitrogen and oxygen atoms in total. The molecule has 1 saturated heterocycles. The largest absolute Gasteiger partial charge is 0.497 e. The van der Waals surface area contributed by atoms with Crippen LogP contribution < -0.4 is 15.4 Å². The van der Waals surface area contributed by atoms with Crippen LogP contribution in [0, 0.1) is 5.92 Å². The van der Waals surface area contributed by atoms with Crippen LogP contribution in [0.5, 0.6) is 5.75 Å². The number of aliphatic carboxylic acids is 1. The molecular weight excluding hydrogens is 661 g/mol. The molecule has 7 rings (SSSR count). The van der Waals surface area contributed by atoms with Crippen LogP contribution >= 0.6 is 11.3 Å². The fourth-order valence-corrected chi connectivity index (χ4v) is 7.49. The van der Waals surface area contributed by atoms with E-state index in [0.29, 0.717) is 40.7 Å². The van der Waals surface area contributed by atoms with Crippen LogP contribution in [0.1, 0.15) is 61.5 Å². The topological polar surface area (TPSA) is 184 Å². The van der Waals surface area contributed by atoms with E-state index in [1.54, 1.807) is 31.6 Å². The second-order valence-electron chi connectivity index (χ2n) is 12.9. The number of benzene rings is 1. The molecule has 15 heteroatoms. The summed E-state index contributed by atoms with van der Waals surface area (Å²) in [5, 5.41) is 28.2. The van der Waals surface area contributed by atoms with Crippen LogP contribution in [0.3, 0.4) is 0 Å². The monoisotopic (exact) mass is 698 g/mol. The van der Waals surface area contributed by atoms with Gasteiger partial charge in [0.05, 0.1) is 13.2 Å². The summed E-state index contributed by atoms with van der Waals surface area (Å²) in [7, 11) is 1.59. The highest BCUT2D eigenvalue weighted by Crippen LogP contribution is 2.45. The normalized spacial score (nSPS) is 25.5. The number of H-pyrrole nitrogens is 1. The van der Waals surface area contributed by atoms with Gasteiger partial charge < -0.3 is 30.4 Å². The van der Waals surface area contributed by atoms with Crippen LogP contribution in [0.4, 0.5) is 0 Å². The number of ether oxygens (including phenoxy) is 1. The highest BCUT2D eigenvalue weighted by molar-refractivity contribution is 7.13. The third-order valence-electron chi connectivity index (χ3n) is 9.74. The van der Waals surface area contributed by atoms with Gasteiger partial charge in [0, 0.05) is 42.2 Å². The first-order valence-corrected chi connectivity index (χ1v) is 17.6. The van der Waals surface area contributed by atoms with E-state index in [-0.39, 0.29) is 25.3 Å². The third kappa shape index (κ3) is 6.52. The predicted octanol–water partition coefficient (Wildman–Crippen LogP) is 3.83. The first kappa shape index (κ1) is 33.2. The van der Waals surface area contributed by atoms with Gasteiger partial charge in [-0.05, 0) is 62.1 Å². The van der Waals surface area contributed by atoms with Crippen molar-refractivity contribution < 1.29 is 29.0 Å². The van der Waals surface area contributed by atoms with Gasteiger partial charge in [0.2, 0.25) is 11.8 Å². The molecule has 1 aliphatic carbocycles. The molecule has 50 heavy (non-hydrogen) atoms. The number of hydrogen-bond donors (Lipinski definition) is 4. The van der Waals surface area contributed by atoms with Crippen molar-refractivity contribution in [1.29, 1.82) is 0 Å². The minimum atomic E-state index is -1.44. The van der Waals surface area contributed by atoms with Gasteiger partial charge in [-0.3, -0.25) is 14.4 Å². The van der Waals surface area contributed by atoms with E-state index in [4.69, 9.17) is 14.9 Å². The molecule has 3 aromatic heterocycles. The van der Waals surface area contributed by atoms with Crippen LogP contribution in [-0.2, 0) is 14.4 Å². The number of carbonyl (C=O) groups is 4. The number of amides is 3. The lowest BCUT2D eigenvalue weighted by molar-refractivity contribution is -0.145. The van der Waals surface area contributed by atoms with Crippen molar-refractivity contribution in [2.75, 3.05) is 13.7 Å². The number of aromatic nitrogens is 5. The average molecular weight is 699 g/mol. The number of carboxylic acids is 1. The maximum absolute atomic E-state index is 14.5.